The molecule has 0 unspecified atom stereocenters. The lowest BCUT2D eigenvalue weighted by atomic mass is 10.5. The number of ether oxygens (including phenoxy) is 2. The summed E-state index contributed by atoms with van der Waals surface area (Å²) in [6.45, 7) is 0.141. The molecule has 0 aromatic carbocycles. The Morgan fingerprint density at radius 3 is 2.62 bits per heavy atom. The van der Waals surface area contributed by atoms with Gasteiger partial charge in [0, 0.05) is 7.11 Å². The third-order valence-electron chi connectivity index (χ3n) is 1.86. The summed E-state index contributed by atoms with van der Waals surface area (Å²) in [6, 6.07) is 3.02. The SMILES string of the molecule is COCCS(=O)(=O)c1ccc(Br)c(OC)n1. The summed E-state index contributed by atoms with van der Waals surface area (Å²) in [5.41, 5.74) is 0. The molecule has 90 valence electrons. The molecule has 0 aliphatic carbocycles. The number of rotatable bonds is 5. The molecule has 0 bridgehead atoms. The average Bonchev–Trinajstić information content (AvgIpc) is 2.27. The Bertz CT molecular complexity index is 461. The lowest BCUT2D eigenvalue weighted by molar-refractivity contribution is 0.217. The molecule has 1 heterocycles. The van der Waals surface area contributed by atoms with Gasteiger partial charge >= 0.3 is 0 Å². The lowest BCUT2D eigenvalue weighted by Gasteiger charge is -2.06. The van der Waals surface area contributed by atoms with E-state index in [9.17, 15) is 8.42 Å². The highest BCUT2D eigenvalue weighted by atomic mass is 79.9. The van der Waals surface area contributed by atoms with E-state index in [1.807, 2.05) is 0 Å². The van der Waals surface area contributed by atoms with Crippen molar-refractivity contribution in [2.24, 2.45) is 0 Å². The van der Waals surface area contributed by atoms with Crippen LogP contribution in [-0.4, -0.2) is 40.0 Å². The number of aromatic nitrogens is 1. The Labute approximate surface area is 103 Å². The largest absolute Gasteiger partial charge is 0.480 e. The van der Waals surface area contributed by atoms with E-state index in [0.29, 0.717) is 4.47 Å². The van der Waals surface area contributed by atoms with Gasteiger partial charge in [-0.25, -0.2) is 13.4 Å². The Balaban J connectivity index is 3.04. The van der Waals surface area contributed by atoms with Crippen LogP contribution in [-0.2, 0) is 14.6 Å². The smallest absolute Gasteiger partial charge is 0.228 e. The van der Waals surface area contributed by atoms with Crippen molar-refractivity contribution < 1.29 is 17.9 Å². The molecule has 0 radical (unpaired) electrons. The van der Waals surface area contributed by atoms with Gasteiger partial charge in [0.25, 0.3) is 0 Å². The number of halogens is 1. The van der Waals surface area contributed by atoms with Crippen LogP contribution in [0, 0.1) is 0 Å². The van der Waals surface area contributed by atoms with Crippen molar-refractivity contribution in [1.29, 1.82) is 0 Å². The van der Waals surface area contributed by atoms with Crippen molar-refractivity contribution in [3.05, 3.63) is 16.6 Å². The van der Waals surface area contributed by atoms with Gasteiger partial charge in [-0.2, -0.15) is 0 Å². The van der Waals surface area contributed by atoms with E-state index in [4.69, 9.17) is 9.47 Å². The fourth-order valence-electron chi connectivity index (χ4n) is 1.02. The van der Waals surface area contributed by atoms with Crippen molar-refractivity contribution in [3.8, 4) is 5.88 Å². The molecule has 1 aromatic heterocycles. The summed E-state index contributed by atoms with van der Waals surface area (Å²) in [5.74, 6) is 0.153. The quantitative estimate of drug-likeness (QED) is 0.819. The van der Waals surface area contributed by atoms with E-state index in [2.05, 4.69) is 20.9 Å². The van der Waals surface area contributed by atoms with Gasteiger partial charge in [0.15, 0.2) is 14.9 Å². The van der Waals surface area contributed by atoms with Crippen molar-refractivity contribution in [2.45, 2.75) is 5.03 Å². The molecule has 0 saturated heterocycles. The second kappa shape index (κ2) is 5.60. The van der Waals surface area contributed by atoms with Crippen molar-refractivity contribution in [1.82, 2.24) is 4.98 Å². The van der Waals surface area contributed by atoms with Crippen molar-refractivity contribution >= 4 is 25.8 Å². The second-order valence-corrected chi connectivity index (χ2v) is 5.86. The van der Waals surface area contributed by atoms with Crippen LogP contribution in [0.5, 0.6) is 5.88 Å². The Morgan fingerprint density at radius 2 is 2.06 bits per heavy atom. The first-order valence-corrected chi connectivity index (χ1v) is 6.88. The molecule has 0 N–H and O–H groups in total. The van der Waals surface area contributed by atoms with Gasteiger partial charge < -0.3 is 9.47 Å². The third kappa shape index (κ3) is 3.16. The van der Waals surface area contributed by atoms with Crippen molar-refractivity contribution in [3.63, 3.8) is 0 Å². The number of hydrogen-bond acceptors (Lipinski definition) is 5. The van der Waals surface area contributed by atoms with E-state index >= 15 is 0 Å². The number of methoxy groups -OCH3 is 2. The summed E-state index contributed by atoms with van der Waals surface area (Å²) >= 11 is 3.20. The molecule has 0 saturated carbocycles. The van der Waals surface area contributed by atoms with Gasteiger partial charge in [-0.05, 0) is 28.1 Å². The van der Waals surface area contributed by atoms with Crippen LogP contribution in [0.4, 0.5) is 0 Å². The first-order chi connectivity index (χ1) is 7.51. The first-order valence-electron chi connectivity index (χ1n) is 4.43. The van der Waals surface area contributed by atoms with E-state index in [-0.39, 0.29) is 23.3 Å². The highest BCUT2D eigenvalue weighted by Gasteiger charge is 2.17. The predicted molar refractivity (Wildman–Crippen MR) is 62.4 cm³/mol. The fraction of sp³-hybridized carbons (Fsp3) is 0.444. The molecule has 0 amide bonds. The van der Waals surface area contributed by atoms with Gasteiger partial charge in [0.05, 0.1) is 23.9 Å². The minimum Gasteiger partial charge on any atom is -0.480 e. The maximum absolute atomic E-state index is 11.8. The van der Waals surface area contributed by atoms with Gasteiger partial charge in [-0.15, -0.1) is 0 Å². The summed E-state index contributed by atoms with van der Waals surface area (Å²) in [7, 11) is -0.530. The topological polar surface area (TPSA) is 65.5 Å². The Hall–Kier alpha value is -0.660. The molecule has 0 aliphatic rings. The number of nitrogens with zero attached hydrogens (tertiary/aromatic N) is 1. The highest BCUT2D eigenvalue weighted by Crippen LogP contribution is 2.24. The zero-order valence-corrected chi connectivity index (χ0v) is 11.3. The summed E-state index contributed by atoms with van der Waals surface area (Å²) < 4.78 is 33.8. The zero-order valence-electron chi connectivity index (χ0n) is 8.94. The summed E-state index contributed by atoms with van der Waals surface area (Å²) in [6.07, 6.45) is 0. The normalized spacial score (nSPS) is 11.4. The van der Waals surface area contributed by atoms with Gasteiger partial charge in [-0.3, -0.25) is 0 Å². The number of pyridine rings is 1. The third-order valence-corrected chi connectivity index (χ3v) is 4.03. The summed E-state index contributed by atoms with van der Waals surface area (Å²) in [4.78, 5) is 3.90. The predicted octanol–water partition coefficient (Wildman–Crippen LogP) is 1.27. The molecule has 5 nitrogen and oxygen atoms in total. The molecule has 16 heavy (non-hydrogen) atoms. The minimum atomic E-state index is -3.41. The van der Waals surface area contributed by atoms with Gasteiger partial charge in [0.1, 0.15) is 0 Å². The van der Waals surface area contributed by atoms with Crippen molar-refractivity contribution in [2.75, 3.05) is 26.6 Å². The molecule has 1 rings (SSSR count). The Kier molecular flexibility index (Phi) is 4.69. The highest BCUT2D eigenvalue weighted by molar-refractivity contribution is 9.10. The molecule has 0 aliphatic heterocycles. The van der Waals surface area contributed by atoms with E-state index < -0.39 is 9.84 Å². The average molecular weight is 310 g/mol. The lowest BCUT2D eigenvalue weighted by Crippen LogP contribution is -2.13. The molecular weight excluding hydrogens is 298 g/mol. The van der Waals surface area contributed by atoms with E-state index in [0.717, 1.165) is 0 Å². The van der Waals surface area contributed by atoms with Crippen LogP contribution in [0.2, 0.25) is 0 Å². The van der Waals surface area contributed by atoms with Crippen LogP contribution >= 0.6 is 15.9 Å². The maximum Gasteiger partial charge on any atom is 0.228 e. The monoisotopic (exact) mass is 309 g/mol. The zero-order chi connectivity index (χ0) is 12.2. The molecule has 7 heteroatoms. The maximum atomic E-state index is 11.8. The first kappa shape index (κ1) is 13.4. The minimum absolute atomic E-state index is 0.00963. The number of hydrogen-bond donors (Lipinski definition) is 0. The van der Waals surface area contributed by atoms with Crippen LogP contribution in [0.25, 0.3) is 0 Å². The Morgan fingerprint density at radius 1 is 1.38 bits per heavy atom. The van der Waals surface area contributed by atoms with E-state index in [1.54, 1.807) is 6.07 Å². The molecule has 0 fully saturated rings. The summed E-state index contributed by atoms with van der Waals surface area (Å²) in [5, 5.41) is -0.00963. The molecule has 1 aromatic rings. The van der Waals surface area contributed by atoms with Gasteiger partial charge in [-0.1, -0.05) is 0 Å². The van der Waals surface area contributed by atoms with Crippen LogP contribution < -0.4 is 4.74 Å². The molecule has 0 atom stereocenters. The standard InChI is InChI=1S/C9H12BrNO4S/c1-14-5-6-16(12,13)8-4-3-7(10)9(11-8)15-2/h3-4H,5-6H2,1-2H3. The van der Waals surface area contributed by atoms with E-state index in [1.165, 1.54) is 20.3 Å². The van der Waals surface area contributed by atoms with Crippen LogP contribution in [0.1, 0.15) is 0 Å². The van der Waals surface area contributed by atoms with Crippen LogP contribution in [0.15, 0.2) is 21.6 Å². The number of sulfone groups is 1. The second-order valence-electron chi connectivity index (χ2n) is 2.95. The van der Waals surface area contributed by atoms with Crippen LogP contribution in [0.3, 0.4) is 0 Å². The molecular formula is C9H12BrNO4S. The van der Waals surface area contributed by atoms with Gasteiger partial charge in [0.2, 0.25) is 5.88 Å². The molecule has 0 spiro atoms. The fourth-order valence-corrected chi connectivity index (χ4v) is 2.50.